The Kier molecular flexibility index (Phi) is 2.59. The molecule has 0 bridgehead atoms. The number of benzene rings is 2. The van der Waals surface area contributed by atoms with Gasteiger partial charge < -0.3 is 10.0 Å². The zero-order valence-corrected chi connectivity index (χ0v) is 8.90. The minimum Gasteiger partial charge on any atom is -0.423 e. The molecule has 0 fully saturated rings. The van der Waals surface area contributed by atoms with Crippen molar-refractivity contribution in [2.45, 2.75) is 0 Å². The van der Waals surface area contributed by atoms with Gasteiger partial charge in [-0.25, -0.2) is 0 Å². The highest BCUT2D eigenvalue weighted by atomic mass is 79.9. The Morgan fingerprint density at radius 2 is 1.57 bits per heavy atom. The Hall–Kier alpha value is -0.835. The van der Waals surface area contributed by atoms with Crippen molar-refractivity contribution >= 4 is 39.3 Å². The molecule has 0 saturated heterocycles. The third-order valence-electron chi connectivity index (χ3n) is 2.14. The lowest BCUT2D eigenvalue weighted by Gasteiger charge is -2.05. The maximum absolute atomic E-state index is 9.09. The fourth-order valence-electron chi connectivity index (χ4n) is 1.43. The van der Waals surface area contributed by atoms with Crippen LogP contribution in [-0.4, -0.2) is 17.2 Å². The fourth-order valence-corrected chi connectivity index (χ4v) is 1.99. The molecule has 0 saturated carbocycles. The Morgan fingerprint density at radius 1 is 1.00 bits per heavy atom. The predicted molar refractivity (Wildman–Crippen MR) is 61.5 cm³/mol. The highest BCUT2D eigenvalue weighted by Crippen LogP contribution is 2.17. The molecule has 2 rings (SSSR count). The highest BCUT2D eigenvalue weighted by molar-refractivity contribution is 9.10. The number of hydrogen-bond donors (Lipinski definition) is 2. The van der Waals surface area contributed by atoms with Gasteiger partial charge in [-0.15, -0.1) is 0 Å². The average Bonchev–Trinajstić information content (AvgIpc) is 2.16. The van der Waals surface area contributed by atoms with E-state index in [0.29, 0.717) is 9.94 Å². The van der Waals surface area contributed by atoms with Crippen LogP contribution in [0.4, 0.5) is 0 Å². The maximum Gasteiger partial charge on any atom is 0.489 e. The summed E-state index contributed by atoms with van der Waals surface area (Å²) in [5.41, 5.74) is 0.490. The topological polar surface area (TPSA) is 40.5 Å². The van der Waals surface area contributed by atoms with Crippen LogP contribution in [0.5, 0.6) is 0 Å². The van der Waals surface area contributed by atoms with E-state index in [1.807, 2.05) is 30.3 Å². The Labute approximate surface area is 90.5 Å². The van der Waals surface area contributed by atoms with Crippen molar-refractivity contribution in [1.29, 1.82) is 0 Å². The maximum atomic E-state index is 9.09. The van der Waals surface area contributed by atoms with Crippen LogP contribution in [-0.2, 0) is 0 Å². The van der Waals surface area contributed by atoms with E-state index in [1.165, 1.54) is 0 Å². The molecule has 2 aromatic carbocycles. The van der Waals surface area contributed by atoms with Gasteiger partial charge in [0, 0.05) is 4.47 Å². The molecule has 14 heavy (non-hydrogen) atoms. The van der Waals surface area contributed by atoms with Crippen molar-refractivity contribution < 1.29 is 10.0 Å². The van der Waals surface area contributed by atoms with Crippen LogP contribution in [0, 0.1) is 0 Å². The number of fused-ring (bicyclic) bond motifs is 1. The third-order valence-corrected chi connectivity index (χ3v) is 2.83. The van der Waals surface area contributed by atoms with Crippen LogP contribution in [0.15, 0.2) is 40.9 Å². The molecule has 70 valence electrons. The Balaban J connectivity index is 2.71. The molecule has 0 amide bonds. The molecule has 0 spiro atoms. The second kappa shape index (κ2) is 3.73. The molecule has 0 aromatic heterocycles. The van der Waals surface area contributed by atoms with E-state index in [0.717, 1.165) is 10.8 Å². The predicted octanol–water partition coefficient (Wildman–Crippen LogP) is 1.28. The molecule has 0 atom stereocenters. The van der Waals surface area contributed by atoms with E-state index < -0.39 is 7.12 Å². The monoisotopic (exact) mass is 250 g/mol. The van der Waals surface area contributed by atoms with Gasteiger partial charge in [0.1, 0.15) is 0 Å². The fraction of sp³-hybridized carbons (Fsp3) is 0. The summed E-state index contributed by atoms with van der Waals surface area (Å²) in [7, 11) is -1.44. The van der Waals surface area contributed by atoms with E-state index in [9.17, 15) is 0 Å². The molecule has 2 N–H and O–H groups in total. The lowest BCUT2D eigenvalue weighted by Crippen LogP contribution is -2.30. The van der Waals surface area contributed by atoms with Gasteiger partial charge in [0.05, 0.1) is 0 Å². The molecule has 2 aromatic rings. The first-order valence-corrected chi connectivity index (χ1v) is 5.02. The molecular weight excluding hydrogens is 243 g/mol. The van der Waals surface area contributed by atoms with Gasteiger partial charge in [-0.3, -0.25) is 0 Å². The largest absolute Gasteiger partial charge is 0.489 e. The van der Waals surface area contributed by atoms with Crippen LogP contribution in [0.2, 0.25) is 0 Å². The molecule has 0 aliphatic carbocycles. The normalized spacial score (nSPS) is 10.5. The lowest BCUT2D eigenvalue weighted by atomic mass is 9.79. The molecule has 0 aliphatic rings. The van der Waals surface area contributed by atoms with Gasteiger partial charge in [0.15, 0.2) is 0 Å². The molecule has 0 radical (unpaired) electrons. The summed E-state index contributed by atoms with van der Waals surface area (Å²) in [4.78, 5) is 0. The van der Waals surface area contributed by atoms with E-state index in [2.05, 4.69) is 15.9 Å². The van der Waals surface area contributed by atoms with Crippen molar-refractivity contribution in [3.63, 3.8) is 0 Å². The minimum atomic E-state index is -1.44. The molecule has 0 heterocycles. The second-order valence-corrected chi connectivity index (χ2v) is 3.95. The van der Waals surface area contributed by atoms with Gasteiger partial charge in [-0.05, 0) is 22.3 Å². The zero-order valence-electron chi connectivity index (χ0n) is 7.31. The van der Waals surface area contributed by atoms with E-state index in [-0.39, 0.29) is 0 Å². The van der Waals surface area contributed by atoms with E-state index in [1.54, 1.807) is 6.07 Å². The van der Waals surface area contributed by atoms with Crippen molar-refractivity contribution in [2.75, 3.05) is 0 Å². The number of halogens is 1. The van der Waals surface area contributed by atoms with Crippen molar-refractivity contribution in [2.24, 2.45) is 0 Å². The van der Waals surface area contributed by atoms with Gasteiger partial charge >= 0.3 is 7.12 Å². The van der Waals surface area contributed by atoms with Crippen LogP contribution in [0.3, 0.4) is 0 Å². The quantitative estimate of drug-likeness (QED) is 0.749. The molecule has 2 nitrogen and oxygen atoms in total. The molecule has 0 aliphatic heterocycles. The van der Waals surface area contributed by atoms with Crippen molar-refractivity contribution in [1.82, 2.24) is 0 Å². The Bertz CT molecular complexity index is 471. The minimum absolute atomic E-state index is 0.490. The SMILES string of the molecule is OB(O)c1cc2ccccc2cc1Br. The van der Waals surface area contributed by atoms with Crippen LogP contribution < -0.4 is 5.46 Å². The lowest BCUT2D eigenvalue weighted by molar-refractivity contribution is 0.425. The average molecular weight is 251 g/mol. The van der Waals surface area contributed by atoms with Crippen LogP contribution >= 0.6 is 15.9 Å². The van der Waals surface area contributed by atoms with Gasteiger partial charge in [0.25, 0.3) is 0 Å². The summed E-state index contributed by atoms with van der Waals surface area (Å²) in [6, 6.07) is 11.4. The smallest absolute Gasteiger partial charge is 0.423 e. The summed E-state index contributed by atoms with van der Waals surface area (Å²) >= 11 is 3.30. The number of hydrogen-bond acceptors (Lipinski definition) is 2. The molecule has 0 unspecified atom stereocenters. The summed E-state index contributed by atoms with van der Waals surface area (Å²) in [6.45, 7) is 0. The Morgan fingerprint density at radius 3 is 2.14 bits per heavy atom. The second-order valence-electron chi connectivity index (χ2n) is 3.09. The van der Waals surface area contributed by atoms with Crippen LogP contribution in [0.1, 0.15) is 0 Å². The summed E-state index contributed by atoms with van der Waals surface area (Å²) in [5, 5.41) is 20.3. The number of rotatable bonds is 1. The first kappa shape index (κ1) is 9.71. The summed E-state index contributed by atoms with van der Waals surface area (Å²) in [5.74, 6) is 0. The molecule has 4 heteroatoms. The van der Waals surface area contributed by atoms with E-state index >= 15 is 0 Å². The third kappa shape index (κ3) is 1.69. The van der Waals surface area contributed by atoms with Crippen molar-refractivity contribution in [3.05, 3.63) is 40.9 Å². The zero-order chi connectivity index (χ0) is 10.1. The van der Waals surface area contributed by atoms with Gasteiger partial charge in [-0.2, -0.15) is 0 Å². The summed E-state index contributed by atoms with van der Waals surface area (Å²) in [6.07, 6.45) is 0. The molecular formula is C10H8BBrO2. The first-order chi connectivity index (χ1) is 6.68. The van der Waals surface area contributed by atoms with Crippen LogP contribution in [0.25, 0.3) is 10.8 Å². The van der Waals surface area contributed by atoms with Gasteiger partial charge in [0.2, 0.25) is 0 Å². The van der Waals surface area contributed by atoms with Crippen molar-refractivity contribution in [3.8, 4) is 0 Å². The van der Waals surface area contributed by atoms with Gasteiger partial charge in [-0.1, -0.05) is 46.3 Å². The standard InChI is InChI=1S/C10H8BBrO2/c12-10-6-8-4-2-1-3-7(8)5-9(10)11(13)14/h1-6,13-14H. The summed E-state index contributed by atoms with van der Waals surface area (Å²) < 4.78 is 0.714. The first-order valence-electron chi connectivity index (χ1n) is 4.23. The highest BCUT2D eigenvalue weighted by Gasteiger charge is 2.15. The van der Waals surface area contributed by atoms with E-state index in [4.69, 9.17) is 10.0 Å².